The molecule has 0 saturated carbocycles. The van der Waals surface area contributed by atoms with Crippen LogP contribution in [0.15, 0.2) is 192 Å². The molecule has 5 aliphatic heterocycles. The molecule has 81 heavy (non-hydrogen) atoms. The molecule has 0 atom stereocenters. The van der Waals surface area contributed by atoms with Gasteiger partial charge in [0.1, 0.15) is 5.58 Å². The molecule has 6 aliphatic rings. The quantitative estimate of drug-likeness (QED) is 0.161. The minimum absolute atomic E-state index is 0. The molecular weight excluding hydrogens is 1740 g/mol. The third-order valence-electron chi connectivity index (χ3n) is 14.6. The summed E-state index contributed by atoms with van der Waals surface area (Å²) in [7, 11) is 8.00. The number of furan rings is 1. The molecule has 16 rings (SSSR count). The number of thiophene rings is 1. The largest absolute Gasteiger partial charge is 0.514 e. The zero-order chi connectivity index (χ0) is 52.4. The van der Waals surface area contributed by atoms with Crippen LogP contribution in [-0.4, -0.2) is 54.2 Å². The van der Waals surface area contributed by atoms with E-state index in [0.717, 1.165) is 44.7 Å². The van der Waals surface area contributed by atoms with Crippen LogP contribution in [0.3, 0.4) is 0 Å². The van der Waals surface area contributed by atoms with E-state index in [-0.39, 0.29) is 85.8 Å². The Labute approximate surface area is 532 Å². The standard InChI is InChI=1S/C19H18N2.C16H12N2O.C16H12N2.C15H11N3S.4Ir/c1-19(2)17-7-5-4-6-15(17)16-9-8-14(12-18(16)19)21-11-10-20(3)13-21;1-17-9-10-18(11-17)14-7-4-6-13-12-5-2-3-8-15(12)19-16(13)14;1-17-10-16-14-8-3-2-6-12(14)13-7-4-5-9-15(13)18(16)11-17;1-17-10-18(9-16-17)12-6-4-8-14-15(12)11-5-2-3-7-13(11)19-14;;;;/h4-7,9-13H,1-3H3;2-6,8-11H,1H3;2-8,10-11H,1H3;2-5,7-10H,1H3;;;;/q4*-2;;;;. The van der Waals surface area contributed by atoms with Gasteiger partial charge in [-0.1, -0.05) is 148 Å². The molecule has 2 aromatic heterocycles. The van der Waals surface area contributed by atoms with Crippen molar-refractivity contribution < 1.29 is 84.8 Å². The Hall–Kier alpha value is -6.33. The number of rotatable bonds is 3. The molecule has 0 saturated heterocycles. The molecule has 10 aromatic rings. The number of anilines is 4. The summed E-state index contributed by atoms with van der Waals surface area (Å²) in [4.78, 5) is 14.5. The normalized spacial score (nSPS) is 15.3. The number of para-hydroxylation sites is 2. The van der Waals surface area contributed by atoms with Crippen LogP contribution >= 0.6 is 11.3 Å². The van der Waals surface area contributed by atoms with E-state index in [0.29, 0.717) is 0 Å². The van der Waals surface area contributed by atoms with Crippen LogP contribution in [0.4, 0.5) is 22.7 Å². The van der Waals surface area contributed by atoms with Crippen LogP contribution in [0.25, 0.3) is 70.1 Å². The summed E-state index contributed by atoms with van der Waals surface area (Å²) in [5.74, 6) is 0. The number of nitrogens with zero attached hydrogens (tertiary/aromatic N) is 9. The number of hydrogen-bond acceptors (Lipinski definition) is 11. The van der Waals surface area contributed by atoms with Crippen LogP contribution in [0.5, 0.6) is 0 Å². The first-order valence-electron chi connectivity index (χ1n) is 25.5. The second-order valence-electron chi connectivity index (χ2n) is 20.1. The molecule has 4 radical (unpaired) electrons. The van der Waals surface area contributed by atoms with E-state index in [1.54, 1.807) is 5.01 Å². The monoisotopic (exact) mass is 1790 g/mol. The maximum absolute atomic E-state index is 5.99. The topological polar surface area (TPSA) is 51.4 Å². The summed E-state index contributed by atoms with van der Waals surface area (Å²) in [6.45, 7) is 12.7. The van der Waals surface area contributed by atoms with Crippen LogP contribution in [-0.2, 0) is 85.8 Å². The number of benzene rings is 8. The van der Waals surface area contributed by atoms with Gasteiger partial charge < -0.3 is 43.7 Å². The molecule has 15 heteroatoms. The van der Waals surface area contributed by atoms with E-state index in [1.165, 1.54) is 64.8 Å². The summed E-state index contributed by atoms with van der Waals surface area (Å²) in [5.41, 5.74) is 16.5. The summed E-state index contributed by atoms with van der Waals surface area (Å²) >= 11 is 1.82. The summed E-state index contributed by atoms with van der Waals surface area (Å²) in [5, 5.41) is 10.8. The van der Waals surface area contributed by atoms with Crippen molar-refractivity contribution in [3.05, 3.63) is 250 Å². The Balaban J connectivity index is 0.000000128. The van der Waals surface area contributed by atoms with E-state index >= 15 is 0 Å². The predicted octanol–water partition coefficient (Wildman–Crippen LogP) is 14.9. The zero-order valence-corrected chi connectivity index (χ0v) is 55.3. The molecule has 8 aromatic carbocycles. The van der Waals surface area contributed by atoms with E-state index < -0.39 is 0 Å². The van der Waals surface area contributed by atoms with Crippen LogP contribution < -0.4 is 19.6 Å². The van der Waals surface area contributed by atoms with Crippen molar-refractivity contribution in [1.29, 1.82) is 0 Å². The maximum Gasteiger partial charge on any atom is 0.116 e. The average molecular weight is 1790 g/mol. The van der Waals surface area contributed by atoms with Crippen molar-refractivity contribution in [3.8, 4) is 22.3 Å². The second-order valence-corrected chi connectivity index (χ2v) is 21.2. The van der Waals surface area contributed by atoms with Crippen LogP contribution in [0.2, 0.25) is 0 Å². The fourth-order valence-corrected chi connectivity index (χ4v) is 12.0. The predicted molar refractivity (Wildman–Crippen MR) is 317 cm³/mol. The van der Waals surface area contributed by atoms with Crippen molar-refractivity contribution in [1.82, 2.24) is 19.7 Å². The summed E-state index contributed by atoms with van der Waals surface area (Å²) < 4.78 is 8.58. The van der Waals surface area contributed by atoms with E-state index in [4.69, 9.17) is 4.42 Å². The Morgan fingerprint density at radius 1 is 0.506 bits per heavy atom. The molecule has 0 unspecified atom stereocenters. The third kappa shape index (κ3) is 11.1. The minimum Gasteiger partial charge on any atom is -0.514 e. The van der Waals surface area contributed by atoms with Gasteiger partial charge in [0.15, 0.2) is 0 Å². The summed E-state index contributed by atoms with van der Waals surface area (Å²) in [6, 6.07) is 65.9. The number of hydrogen-bond donors (Lipinski definition) is 0. The Morgan fingerprint density at radius 3 is 1.91 bits per heavy atom. The van der Waals surface area contributed by atoms with Gasteiger partial charge in [0.25, 0.3) is 0 Å². The zero-order valence-electron chi connectivity index (χ0n) is 44.9. The van der Waals surface area contributed by atoms with Gasteiger partial charge in [-0.15, -0.1) is 35.1 Å². The number of hydrazone groups is 1. The van der Waals surface area contributed by atoms with Gasteiger partial charge in [-0.25, -0.2) is 5.10 Å². The Bertz CT molecular complexity index is 4030. The minimum atomic E-state index is 0. The number of fused-ring (bicyclic) bond motifs is 15. The Morgan fingerprint density at radius 2 is 1.16 bits per heavy atom. The first-order valence-corrected chi connectivity index (χ1v) is 26.3. The first kappa shape index (κ1) is 59.3. The van der Waals surface area contributed by atoms with Gasteiger partial charge in [-0.2, -0.15) is 104 Å². The van der Waals surface area contributed by atoms with E-state index in [1.807, 2.05) is 139 Å². The van der Waals surface area contributed by atoms with Crippen molar-refractivity contribution in [2.45, 2.75) is 19.3 Å². The molecule has 0 spiro atoms. The molecule has 1 aliphatic carbocycles. The molecule has 0 bridgehead atoms. The van der Waals surface area contributed by atoms with E-state index in [2.05, 4.69) is 194 Å². The van der Waals surface area contributed by atoms with E-state index in [9.17, 15) is 0 Å². The van der Waals surface area contributed by atoms with Gasteiger partial charge in [-0.3, -0.25) is 0 Å². The van der Waals surface area contributed by atoms with Gasteiger partial charge >= 0.3 is 0 Å². The van der Waals surface area contributed by atoms with Gasteiger partial charge in [0.05, 0.1) is 6.34 Å². The third-order valence-corrected chi connectivity index (χ3v) is 15.7. The van der Waals surface area contributed by atoms with Gasteiger partial charge in [0.2, 0.25) is 0 Å². The molecule has 0 fully saturated rings. The molecule has 0 amide bonds. The SMILES string of the molecule is CN1C=C2c3ccccc3-c3ccc[c-]c3N2[CH-]1.CN1C=CN(c2[c-]cc3c(c2)C(C)(C)c2ccccc2-3)[CH-]1.CN1C=CN(c2[c-]ccc3c2oc2ccccc23)[CH-]1.CN1[CH-]N(c2[c-]ccc3sc4ccccc4c23)C=N1.[Ir].[Ir].[Ir].[Ir]. The fraction of sp³-hybridized carbons (Fsp3) is 0.106. The molecule has 7 heterocycles. The molecule has 418 valence electrons. The first-order chi connectivity index (χ1) is 37.6. The Kier molecular flexibility index (Phi) is 18.0. The summed E-state index contributed by atoms with van der Waals surface area (Å²) in [6.07, 6.45) is 12.1. The van der Waals surface area contributed by atoms with Crippen molar-refractivity contribution >= 4 is 88.2 Å². The van der Waals surface area contributed by atoms with Gasteiger partial charge in [-0.05, 0) is 87.9 Å². The average Bonchev–Trinajstić information content (AvgIpc) is 4.52. The maximum atomic E-state index is 5.99. The molecular formula is C66H53Ir4N9OS-8. The molecule has 10 nitrogen and oxygen atoms in total. The van der Waals surface area contributed by atoms with Crippen molar-refractivity contribution in [2.75, 3.05) is 47.8 Å². The van der Waals surface area contributed by atoms with Crippen LogP contribution in [0.1, 0.15) is 30.5 Å². The van der Waals surface area contributed by atoms with Crippen molar-refractivity contribution in [3.63, 3.8) is 0 Å². The smallest absolute Gasteiger partial charge is 0.116 e. The van der Waals surface area contributed by atoms with Crippen molar-refractivity contribution in [2.24, 2.45) is 5.10 Å². The second kappa shape index (κ2) is 24.6. The molecule has 0 N–H and O–H groups in total. The van der Waals surface area contributed by atoms with Crippen LogP contribution in [0, 0.1) is 50.9 Å². The fourth-order valence-electron chi connectivity index (χ4n) is 10.9. The van der Waals surface area contributed by atoms with Gasteiger partial charge in [0, 0.05) is 102 Å².